The summed E-state index contributed by atoms with van der Waals surface area (Å²) < 4.78 is 6.50. The van der Waals surface area contributed by atoms with Crippen LogP contribution in [0.15, 0.2) is 162 Å². The summed E-state index contributed by atoms with van der Waals surface area (Å²) in [5.41, 5.74) is 8.79. The van der Waals surface area contributed by atoms with Gasteiger partial charge in [0.05, 0.1) is 11.4 Å². The second kappa shape index (κ2) is 10.3. The van der Waals surface area contributed by atoms with E-state index < -0.39 is 0 Å². The van der Waals surface area contributed by atoms with Gasteiger partial charge in [0.2, 0.25) is 0 Å². The van der Waals surface area contributed by atoms with Gasteiger partial charge in [-0.25, -0.2) is 9.97 Å². The highest BCUT2D eigenvalue weighted by Gasteiger charge is 2.16. The zero-order chi connectivity index (χ0) is 29.7. The zero-order valence-electron chi connectivity index (χ0n) is 24.3. The van der Waals surface area contributed by atoms with Gasteiger partial charge >= 0.3 is 0 Å². The van der Waals surface area contributed by atoms with Gasteiger partial charge in [-0.3, -0.25) is 0 Å². The van der Waals surface area contributed by atoms with Crippen molar-refractivity contribution in [3.63, 3.8) is 0 Å². The normalized spacial score (nSPS) is 11.6. The van der Waals surface area contributed by atoms with Gasteiger partial charge in [0, 0.05) is 27.5 Å². The lowest BCUT2D eigenvalue weighted by molar-refractivity contribution is 0.669. The van der Waals surface area contributed by atoms with Crippen molar-refractivity contribution in [1.29, 1.82) is 0 Å². The fraction of sp³-hybridized carbons (Fsp3) is 0. The van der Waals surface area contributed by atoms with Crippen molar-refractivity contribution >= 4 is 43.5 Å². The Hall–Kier alpha value is -6.06. The Kier molecular flexibility index (Phi) is 5.82. The molecule has 0 aliphatic carbocycles. The molecule has 3 heteroatoms. The minimum absolute atomic E-state index is 0.666. The number of nitrogens with zero attached hydrogens (tertiary/aromatic N) is 2. The van der Waals surface area contributed by atoms with Crippen LogP contribution in [-0.4, -0.2) is 9.97 Å². The van der Waals surface area contributed by atoms with Gasteiger partial charge in [0.15, 0.2) is 5.82 Å². The molecule has 9 rings (SSSR count). The van der Waals surface area contributed by atoms with E-state index in [0.29, 0.717) is 5.82 Å². The molecule has 0 radical (unpaired) electrons. The largest absolute Gasteiger partial charge is 0.456 e. The molecule has 0 aliphatic heterocycles. The first-order chi connectivity index (χ1) is 22.3. The predicted octanol–water partition coefficient (Wildman–Crippen LogP) is 11.4. The van der Waals surface area contributed by atoms with Crippen molar-refractivity contribution < 1.29 is 4.42 Å². The summed E-state index contributed by atoms with van der Waals surface area (Å²) >= 11 is 0. The van der Waals surface area contributed by atoms with Gasteiger partial charge in [-0.1, -0.05) is 127 Å². The molecule has 210 valence electrons. The Morgan fingerprint density at radius 2 is 1.02 bits per heavy atom. The minimum Gasteiger partial charge on any atom is -0.456 e. The molecular formula is C42H26N2O. The first kappa shape index (κ1) is 25.4. The van der Waals surface area contributed by atoms with Crippen molar-refractivity contribution in [2.24, 2.45) is 0 Å². The highest BCUT2D eigenvalue weighted by Crippen LogP contribution is 2.39. The Balaban J connectivity index is 1.19. The first-order valence-electron chi connectivity index (χ1n) is 15.2. The third kappa shape index (κ3) is 4.37. The van der Waals surface area contributed by atoms with Crippen LogP contribution in [0.25, 0.3) is 88.5 Å². The summed E-state index contributed by atoms with van der Waals surface area (Å²) in [6.07, 6.45) is 0. The van der Waals surface area contributed by atoms with E-state index in [1.807, 2.05) is 42.5 Å². The quantitative estimate of drug-likeness (QED) is 0.196. The van der Waals surface area contributed by atoms with Gasteiger partial charge < -0.3 is 4.42 Å². The van der Waals surface area contributed by atoms with Crippen molar-refractivity contribution in [2.75, 3.05) is 0 Å². The predicted molar refractivity (Wildman–Crippen MR) is 186 cm³/mol. The van der Waals surface area contributed by atoms with E-state index in [1.54, 1.807) is 0 Å². The average Bonchev–Trinajstić information content (AvgIpc) is 3.50. The van der Waals surface area contributed by atoms with E-state index in [-0.39, 0.29) is 0 Å². The number of hydrogen-bond acceptors (Lipinski definition) is 3. The number of rotatable bonds is 4. The molecular weight excluding hydrogens is 548 g/mol. The molecule has 2 heterocycles. The maximum Gasteiger partial charge on any atom is 0.160 e. The SMILES string of the molecule is c1ccc(-c2cc(-c3ccccc3)nc(-c3ccc4c(c3)oc3cccc(-c5ccc6c(ccc7ccccc76)c5)c34)n2)cc1. The third-order valence-corrected chi connectivity index (χ3v) is 8.68. The fourth-order valence-corrected chi connectivity index (χ4v) is 6.48. The molecule has 0 atom stereocenters. The Morgan fingerprint density at radius 3 is 1.80 bits per heavy atom. The standard InChI is InChI=1S/C42H26N2O/c1-3-11-28(12-4-1)37-26-38(29-13-5-2-6-14-29)44-42(43-37)32-21-23-36-40(25-32)45-39-17-9-16-35(41(36)39)31-20-22-34-30(24-31)19-18-27-10-7-8-15-33(27)34/h1-26H. The maximum atomic E-state index is 6.50. The minimum atomic E-state index is 0.666. The van der Waals surface area contributed by atoms with Crippen LogP contribution in [0.1, 0.15) is 0 Å². The van der Waals surface area contributed by atoms with Gasteiger partial charge in [-0.05, 0) is 63.0 Å². The lowest BCUT2D eigenvalue weighted by Gasteiger charge is -2.09. The summed E-state index contributed by atoms with van der Waals surface area (Å²) in [5, 5.41) is 7.20. The number of aromatic nitrogens is 2. The van der Waals surface area contributed by atoms with Gasteiger partial charge in [-0.15, -0.1) is 0 Å². The van der Waals surface area contributed by atoms with Crippen LogP contribution in [0.5, 0.6) is 0 Å². The second-order valence-electron chi connectivity index (χ2n) is 11.4. The van der Waals surface area contributed by atoms with Crippen molar-refractivity contribution in [1.82, 2.24) is 9.97 Å². The Bertz CT molecular complexity index is 2470. The molecule has 0 spiro atoms. The Labute approximate surface area is 260 Å². The van der Waals surface area contributed by atoms with E-state index in [4.69, 9.17) is 14.4 Å². The summed E-state index contributed by atoms with van der Waals surface area (Å²) in [4.78, 5) is 10.0. The molecule has 0 saturated carbocycles. The van der Waals surface area contributed by atoms with Crippen molar-refractivity contribution in [2.45, 2.75) is 0 Å². The van der Waals surface area contributed by atoms with Crippen LogP contribution < -0.4 is 0 Å². The van der Waals surface area contributed by atoms with E-state index in [0.717, 1.165) is 55.6 Å². The molecule has 0 unspecified atom stereocenters. The molecule has 3 nitrogen and oxygen atoms in total. The number of fused-ring (bicyclic) bond motifs is 6. The Morgan fingerprint density at radius 1 is 0.378 bits per heavy atom. The van der Waals surface area contributed by atoms with E-state index >= 15 is 0 Å². The number of benzene rings is 7. The topological polar surface area (TPSA) is 38.9 Å². The molecule has 2 aromatic heterocycles. The van der Waals surface area contributed by atoms with Crippen LogP contribution in [0.4, 0.5) is 0 Å². The smallest absolute Gasteiger partial charge is 0.160 e. The molecule has 0 N–H and O–H groups in total. The molecule has 45 heavy (non-hydrogen) atoms. The summed E-state index contributed by atoms with van der Waals surface area (Å²) in [6, 6.07) is 55.0. The molecule has 0 saturated heterocycles. The lowest BCUT2D eigenvalue weighted by Crippen LogP contribution is -1.95. The van der Waals surface area contributed by atoms with Crippen LogP contribution in [0, 0.1) is 0 Å². The molecule has 7 aromatic carbocycles. The van der Waals surface area contributed by atoms with Crippen LogP contribution in [0.2, 0.25) is 0 Å². The van der Waals surface area contributed by atoms with E-state index in [2.05, 4.69) is 115 Å². The molecule has 0 fully saturated rings. The molecule has 0 amide bonds. The number of hydrogen-bond donors (Lipinski definition) is 0. The molecule has 0 aliphatic rings. The maximum absolute atomic E-state index is 6.50. The van der Waals surface area contributed by atoms with Crippen LogP contribution in [0.3, 0.4) is 0 Å². The fourth-order valence-electron chi connectivity index (χ4n) is 6.48. The third-order valence-electron chi connectivity index (χ3n) is 8.68. The lowest BCUT2D eigenvalue weighted by atomic mass is 9.95. The first-order valence-corrected chi connectivity index (χ1v) is 15.2. The van der Waals surface area contributed by atoms with E-state index in [1.165, 1.54) is 27.1 Å². The van der Waals surface area contributed by atoms with Gasteiger partial charge in [-0.2, -0.15) is 0 Å². The summed E-state index contributed by atoms with van der Waals surface area (Å²) in [5.74, 6) is 0.666. The molecule has 0 bridgehead atoms. The van der Waals surface area contributed by atoms with Crippen molar-refractivity contribution in [3.05, 3.63) is 158 Å². The molecule has 9 aromatic rings. The highest BCUT2D eigenvalue weighted by atomic mass is 16.3. The van der Waals surface area contributed by atoms with Gasteiger partial charge in [0.1, 0.15) is 11.2 Å². The highest BCUT2D eigenvalue weighted by molar-refractivity contribution is 6.14. The van der Waals surface area contributed by atoms with Crippen LogP contribution in [-0.2, 0) is 0 Å². The van der Waals surface area contributed by atoms with E-state index in [9.17, 15) is 0 Å². The van der Waals surface area contributed by atoms with Gasteiger partial charge in [0.25, 0.3) is 0 Å². The van der Waals surface area contributed by atoms with Crippen LogP contribution >= 0.6 is 0 Å². The van der Waals surface area contributed by atoms with Crippen molar-refractivity contribution in [3.8, 4) is 45.0 Å². The monoisotopic (exact) mass is 574 g/mol. The zero-order valence-corrected chi connectivity index (χ0v) is 24.3. The summed E-state index contributed by atoms with van der Waals surface area (Å²) in [7, 11) is 0. The second-order valence-corrected chi connectivity index (χ2v) is 11.4. The average molecular weight is 575 g/mol. The summed E-state index contributed by atoms with van der Waals surface area (Å²) in [6.45, 7) is 0. The number of furan rings is 1.